The van der Waals surface area contributed by atoms with E-state index in [9.17, 15) is 4.79 Å². The van der Waals surface area contributed by atoms with Crippen molar-refractivity contribution in [2.24, 2.45) is 5.73 Å². The molecule has 2 rings (SSSR count). The van der Waals surface area contributed by atoms with Crippen LogP contribution in [0.5, 0.6) is 0 Å². The zero-order valence-electron chi connectivity index (χ0n) is 12.2. The molecule has 0 bridgehead atoms. The summed E-state index contributed by atoms with van der Waals surface area (Å²) in [6.07, 6.45) is 5.00. The third-order valence-corrected chi connectivity index (χ3v) is 4.63. The Kier molecular flexibility index (Phi) is 4.43. The molecule has 1 aliphatic carbocycles. The number of nitrogens with one attached hydrogen (secondary N) is 1. The van der Waals surface area contributed by atoms with Crippen molar-refractivity contribution in [1.29, 1.82) is 0 Å². The van der Waals surface area contributed by atoms with Crippen LogP contribution in [0.4, 0.5) is 0 Å². The molecule has 0 unspecified atom stereocenters. The van der Waals surface area contributed by atoms with E-state index in [0.29, 0.717) is 4.99 Å². The summed E-state index contributed by atoms with van der Waals surface area (Å²) in [7, 11) is 0. The topological polar surface area (TPSA) is 55.1 Å². The number of carbonyl (C=O) groups excluding carboxylic acids is 1. The quantitative estimate of drug-likeness (QED) is 0.841. The van der Waals surface area contributed by atoms with E-state index < -0.39 is 5.54 Å². The van der Waals surface area contributed by atoms with Gasteiger partial charge >= 0.3 is 0 Å². The number of benzene rings is 1. The van der Waals surface area contributed by atoms with Crippen LogP contribution in [0.2, 0.25) is 0 Å². The van der Waals surface area contributed by atoms with Crippen LogP contribution in [-0.2, 0) is 0 Å². The summed E-state index contributed by atoms with van der Waals surface area (Å²) >= 11 is 5.22. The van der Waals surface area contributed by atoms with E-state index >= 15 is 0 Å². The van der Waals surface area contributed by atoms with Gasteiger partial charge in [0, 0.05) is 5.56 Å². The molecule has 4 heteroatoms. The van der Waals surface area contributed by atoms with Crippen molar-refractivity contribution in [1.82, 2.24) is 5.32 Å². The first-order valence-corrected chi connectivity index (χ1v) is 7.56. The maximum Gasteiger partial charge on any atom is 0.252 e. The van der Waals surface area contributed by atoms with Gasteiger partial charge < -0.3 is 11.1 Å². The normalized spacial score (nSPS) is 17.5. The van der Waals surface area contributed by atoms with E-state index in [0.717, 1.165) is 42.4 Å². The SMILES string of the molecule is Cc1cccc(C)c1C(=O)NC1(C(N)=S)CCCCC1. The number of amides is 1. The lowest BCUT2D eigenvalue weighted by Crippen LogP contribution is -2.57. The molecule has 3 N–H and O–H groups in total. The van der Waals surface area contributed by atoms with Crippen molar-refractivity contribution in [2.75, 3.05) is 0 Å². The Morgan fingerprint density at radius 3 is 2.25 bits per heavy atom. The highest BCUT2D eigenvalue weighted by molar-refractivity contribution is 7.80. The Morgan fingerprint density at radius 2 is 1.75 bits per heavy atom. The van der Waals surface area contributed by atoms with Crippen LogP contribution in [0.15, 0.2) is 18.2 Å². The Morgan fingerprint density at radius 1 is 1.20 bits per heavy atom. The highest BCUT2D eigenvalue weighted by Crippen LogP contribution is 2.29. The number of hydrogen-bond acceptors (Lipinski definition) is 2. The van der Waals surface area contributed by atoms with Gasteiger partial charge in [0.2, 0.25) is 0 Å². The lowest BCUT2D eigenvalue weighted by Gasteiger charge is -2.37. The van der Waals surface area contributed by atoms with Crippen LogP contribution in [0.1, 0.15) is 53.6 Å². The summed E-state index contributed by atoms with van der Waals surface area (Å²) < 4.78 is 0. The number of thiocarbonyl (C=S) groups is 1. The molecule has 1 amide bonds. The summed E-state index contributed by atoms with van der Waals surface area (Å²) in [5.74, 6) is -0.0599. The lowest BCUT2D eigenvalue weighted by molar-refractivity contribution is 0.0907. The Hall–Kier alpha value is -1.42. The minimum Gasteiger partial charge on any atom is -0.391 e. The zero-order valence-corrected chi connectivity index (χ0v) is 13.0. The first kappa shape index (κ1) is 15.0. The minimum atomic E-state index is -0.501. The van der Waals surface area contributed by atoms with Gasteiger partial charge in [-0.05, 0) is 37.8 Å². The monoisotopic (exact) mass is 290 g/mol. The molecule has 1 fully saturated rings. The number of aryl methyl sites for hydroxylation is 2. The molecule has 0 aromatic heterocycles. The van der Waals surface area contributed by atoms with Crippen molar-refractivity contribution in [2.45, 2.75) is 51.5 Å². The zero-order chi connectivity index (χ0) is 14.8. The summed E-state index contributed by atoms with van der Waals surface area (Å²) in [4.78, 5) is 13.1. The smallest absolute Gasteiger partial charge is 0.252 e. The van der Waals surface area contributed by atoms with Gasteiger partial charge in [0.15, 0.2) is 0 Å². The van der Waals surface area contributed by atoms with Crippen LogP contribution in [-0.4, -0.2) is 16.4 Å². The molecule has 1 saturated carbocycles. The largest absolute Gasteiger partial charge is 0.391 e. The molecule has 0 radical (unpaired) electrons. The van der Waals surface area contributed by atoms with Gasteiger partial charge in [-0.15, -0.1) is 0 Å². The van der Waals surface area contributed by atoms with Gasteiger partial charge in [0.05, 0.1) is 10.5 Å². The molecule has 0 atom stereocenters. The molecule has 0 saturated heterocycles. The van der Waals surface area contributed by atoms with Gasteiger partial charge in [-0.3, -0.25) is 4.79 Å². The van der Waals surface area contributed by atoms with Gasteiger partial charge in [-0.1, -0.05) is 49.7 Å². The molecule has 20 heavy (non-hydrogen) atoms. The van der Waals surface area contributed by atoms with Gasteiger partial charge in [-0.25, -0.2) is 0 Å². The first-order chi connectivity index (χ1) is 9.46. The van der Waals surface area contributed by atoms with Crippen LogP contribution >= 0.6 is 12.2 Å². The lowest BCUT2D eigenvalue weighted by atomic mass is 9.81. The van der Waals surface area contributed by atoms with E-state index in [1.807, 2.05) is 32.0 Å². The first-order valence-electron chi connectivity index (χ1n) is 7.15. The Bertz CT molecular complexity index is 513. The second-order valence-corrected chi connectivity index (χ2v) is 6.17. The average molecular weight is 290 g/mol. The number of rotatable bonds is 3. The van der Waals surface area contributed by atoms with Crippen molar-refractivity contribution < 1.29 is 4.79 Å². The Labute approximate surface area is 125 Å². The van der Waals surface area contributed by atoms with Crippen LogP contribution in [0.25, 0.3) is 0 Å². The molecular weight excluding hydrogens is 268 g/mol. The van der Waals surface area contributed by atoms with E-state index in [2.05, 4.69) is 5.32 Å². The number of nitrogens with two attached hydrogens (primary N) is 1. The van der Waals surface area contributed by atoms with Crippen molar-refractivity contribution in [3.05, 3.63) is 34.9 Å². The molecule has 1 aromatic rings. The van der Waals surface area contributed by atoms with Gasteiger partial charge in [-0.2, -0.15) is 0 Å². The van der Waals surface area contributed by atoms with Gasteiger partial charge in [0.1, 0.15) is 0 Å². The van der Waals surface area contributed by atoms with E-state index in [-0.39, 0.29) is 5.91 Å². The van der Waals surface area contributed by atoms with Gasteiger partial charge in [0.25, 0.3) is 5.91 Å². The number of hydrogen-bond donors (Lipinski definition) is 2. The third kappa shape index (κ3) is 2.85. The fourth-order valence-electron chi connectivity index (χ4n) is 3.04. The Balaban J connectivity index is 2.27. The molecule has 1 aromatic carbocycles. The van der Waals surface area contributed by atoms with Crippen LogP contribution in [0, 0.1) is 13.8 Å². The fourth-order valence-corrected chi connectivity index (χ4v) is 3.30. The van der Waals surface area contributed by atoms with Crippen LogP contribution in [0.3, 0.4) is 0 Å². The molecule has 108 valence electrons. The van der Waals surface area contributed by atoms with Crippen molar-refractivity contribution in [3.63, 3.8) is 0 Å². The van der Waals surface area contributed by atoms with Crippen molar-refractivity contribution >= 4 is 23.1 Å². The van der Waals surface area contributed by atoms with E-state index in [1.54, 1.807) is 0 Å². The highest BCUT2D eigenvalue weighted by Gasteiger charge is 2.37. The predicted molar refractivity (Wildman–Crippen MR) is 86.0 cm³/mol. The van der Waals surface area contributed by atoms with Crippen molar-refractivity contribution in [3.8, 4) is 0 Å². The highest BCUT2D eigenvalue weighted by atomic mass is 32.1. The standard InChI is InChI=1S/C16H22N2OS/c1-11-7-6-8-12(2)13(11)14(19)18-16(15(17)20)9-4-3-5-10-16/h6-8H,3-5,9-10H2,1-2H3,(H2,17,20)(H,18,19). The maximum atomic E-state index is 12.6. The summed E-state index contributed by atoms with van der Waals surface area (Å²) in [5, 5.41) is 3.12. The van der Waals surface area contributed by atoms with E-state index in [1.165, 1.54) is 6.42 Å². The van der Waals surface area contributed by atoms with E-state index in [4.69, 9.17) is 18.0 Å². The minimum absolute atomic E-state index is 0.0599. The number of carbonyl (C=O) groups is 1. The maximum absolute atomic E-state index is 12.6. The fraction of sp³-hybridized carbons (Fsp3) is 0.500. The molecule has 3 nitrogen and oxygen atoms in total. The predicted octanol–water partition coefficient (Wildman–Crippen LogP) is 3.02. The molecule has 1 aliphatic rings. The molecule has 0 spiro atoms. The molecular formula is C16H22N2OS. The second-order valence-electron chi connectivity index (χ2n) is 5.73. The second kappa shape index (κ2) is 5.92. The molecule has 0 heterocycles. The van der Waals surface area contributed by atoms with Crippen LogP contribution < -0.4 is 11.1 Å². The summed E-state index contributed by atoms with van der Waals surface area (Å²) in [6, 6.07) is 5.87. The molecule has 0 aliphatic heterocycles. The average Bonchev–Trinajstić information content (AvgIpc) is 2.39. The summed E-state index contributed by atoms with van der Waals surface area (Å²) in [5.41, 5.74) is 8.13. The third-order valence-electron chi connectivity index (χ3n) is 4.24. The summed E-state index contributed by atoms with van der Waals surface area (Å²) in [6.45, 7) is 3.91.